The smallest absolute Gasteiger partial charge is 0.349 e. The molecule has 0 aromatic carbocycles. The molecule has 0 spiro atoms. The first-order valence-electron chi connectivity index (χ1n) is 6.81. The Balaban J connectivity index is 1.74. The number of hydrogen-bond acceptors (Lipinski definition) is 6. The van der Waals surface area contributed by atoms with E-state index in [1.54, 1.807) is 6.20 Å². The SMILES string of the molecule is COC(=O)c1cnc(N2CCCN3CCCC3C2)s1. The molecular formula is C13H19N3O2S. The molecule has 0 radical (unpaired) electrons. The molecule has 104 valence electrons. The van der Waals surface area contributed by atoms with Gasteiger partial charge < -0.3 is 9.64 Å². The van der Waals surface area contributed by atoms with Crippen LogP contribution in [0.25, 0.3) is 0 Å². The molecule has 3 heterocycles. The lowest BCUT2D eigenvalue weighted by Gasteiger charge is -2.25. The monoisotopic (exact) mass is 281 g/mol. The zero-order valence-corrected chi connectivity index (χ0v) is 12.0. The molecule has 2 aliphatic heterocycles. The first-order valence-corrected chi connectivity index (χ1v) is 7.62. The van der Waals surface area contributed by atoms with E-state index in [4.69, 9.17) is 4.74 Å². The van der Waals surface area contributed by atoms with Gasteiger partial charge in [0.15, 0.2) is 5.13 Å². The molecule has 1 atom stereocenters. The first-order chi connectivity index (χ1) is 9.28. The average Bonchev–Trinajstić information content (AvgIpc) is 3.03. The van der Waals surface area contributed by atoms with E-state index in [1.807, 2.05) is 0 Å². The van der Waals surface area contributed by atoms with E-state index in [9.17, 15) is 4.79 Å². The van der Waals surface area contributed by atoms with Gasteiger partial charge in [-0.05, 0) is 25.8 Å². The summed E-state index contributed by atoms with van der Waals surface area (Å²) in [7, 11) is 1.41. The molecule has 0 amide bonds. The number of ether oxygens (including phenoxy) is 1. The van der Waals surface area contributed by atoms with Gasteiger partial charge in [0.1, 0.15) is 4.88 Å². The lowest BCUT2D eigenvalue weighted by Crippen LogP contribution is -2.36. The number of carbonyl (C=O) groups is 1. The summed E-state index contributed by atoms with van der Waals surface area (Å²) in [5.74, 6) is -0.291. The van der Waals surface area contributed by atoms with Crippen LogP contribution >= 0.6 is 11.3 Å². The molecule has 6 heteroatoms. The van der Waals surface area contributed by atoms with E-state index < -0.39 is 0 Å². The van der Waals surface area contributed by atoms with E-state index in [1.165, 1.54) is 50.8 Å². The first kappa shape index (κ1) is 12.9. The van der Waals surface area contributed by atoms with Crippen LogP contribution in [0, 0.1) is 0 Å². The molecule has 2 fully saturated rings. The molecule has 0 aliphatic carbocycles. The number of carbonyl (C=O) groups excluding carboxylic acids is 1. The highest BCUT2D eigenvalue weighted by atomic mass is 32.1. The molecule has 2 aliphatic rings. The fourth-order valence-corrected chi connectivity index (χ4v) is 3.86. The minimum absolute atomic E-state index is 0.291. The Kier molecular flexibility index (Phi) is 3.70. The second kappa shape index (κ2) is 5.46. The zero-order valence-electron chi connectivity index (χ0n) is 11.2. The van der Waals surface area contributed by atoms with E-state index in [2.05, 4.69) is 14.8 Å². The molecule has 1 unspecified atom stereocenters. The van der Waals surface area contributed by atoms with Gasteiger partial charge in [-0.15, -0.1) is 0 Å². The van der Waals surface area contributed by atoms with Crippen LogP contribution in [0.1, 0.15) is 28.9 Å². The van der Waals surface area contributed by atoms with Crippen LogP contribution < -0.4 is 4.90 Å². The van der Waals surface area contributed by atoms with Gasteiger partial charge in [0.05, 0.1) is 13.3 Å². The van der Waals surface area contributed by atoms with E-state index in [-0.39, 0.29) is 5.97 Å². The summed E-state index contributed by atoms with van der Waals surface area (Å²) >= 11 is 1.44. The second-order valence-corrected chi connectivity index (χ2v) is 6.14. The molecule has 0 saturated carbocycles. The number of hydrogen-bond donors (Lipinski definition) is 0. The fourth-order valence-electron chi connectivity index (χ4n) is 2.99. The van der Waals surface area contributed by atoms with Crippen molar-refractivity contribution in [2.75, 3.05) is 38.2 Å². The maximum Gasteiger partial charge on any atom is 0.349 e. The van der Waals surface area contributed by atoms with Crippen molar-refractivity contribution in [3.8, 4) is 0 Å². The van der Waals surface area contributed by atoms with Crippen LogP contribution in [0.5, 0.6) is 0 Å². The van der Waals surface area contributed by atoms with Crippen LogP contribution in [0.2, 0.25) is 0 Å². The Labute approximate surface area is 117 Å². The summed E-state index contributed by atoms with van der Waals surface area (Å²) < 4.78 is 4.74. The lowest BCUT2D eigenvalue weighted by atomic mass is 10.2. The predicted octanol–water partition coefficient (Wildman–Crippen LogP) is 1.60. The van der Waals surface area contributed by atoms with Gasteiger partial charge in [-0.25, -0.2) is 9.78 Å². The Morgan fingerprint density at radius 3 is 3.11 bits per heavy atom. The third-order valence-electron chi connectivity index (χ3n) is 3.95. The lowest BCUT2D eigenvalue weighted by molar-refractivity contribution is 0.0606. The molecule has 1 aromatic rings. The van der Waals surface area contributed by atoms with Crippen LogP contribution in [-0.2, 0) is 4.74 Å². The molecule has 2 saturated heterocycles. The highest BCUT2D eigenvalue weighted by Gasteiger charge is 2.29. The molecule has 3 rings (SSSR count). The molecule has 0 bridgehead atoms. The van der Waals surface area contributed by atoms with E-state index in [0.29, 0.717) is 10.9 Å². The summed E-state index contributed by atoms with van der Waals surface area (Å²) in [6.07, 6.45) is 5.39. The fraction of sp³-hybridized carbons (Fsp3) is 0.692. The minimum Gasteiger partial charge on any atom is -0.465 e. The maximum absolute atomic E-state index is 11.5. The number of methoxy groups -OCH3 is 1. The van der Waals surface area contributed by atoms with Crippen molar-refractivity contribution in [2.24, 2.45) is 0 Å². The standard InChI is InChI=1S/C13H19N3O2S/c1-18-12(17)11-8-14-13(19-11)16-7-3-6-15-5-2-4-10(15)9-16/h8,10H,2-7,9H2,1H3. The highest BCUT2D eigenvalue weighted by Crippen LogP contribution is 2.28. The van der Waals surface area contributed by atoms with Crippen molar-refractivity contribution in [2.45, 2.75) is 25.3 Å². The van der Waals surface area contributed by atoms with Crippen molar-refractivity contribution in [1.29, 1.82) is 0 Å². The second-order valence-electron chi connectivity index (χ2n) is 5.13. The van der Waals surface area contributed by atoms with Crippen molar-refractivity contribution in [1.82, 2.24) is 9.88 Å². The third-order valence-corrected chi connectivity index (χ3v) is 4.99. The summed E-state index contributed by atoms with van der Waals surface area (Å²) in [5.41, 5.74) is 0. The van der Waals surface area contributed by atoms with E-state index in [0.717, 1.165) is 18.2 Å². The van der Waals surface area contributed by atoms with Gasteiger partial charge in [-0.1, -0.05) is 11.3 Å². The number of nitrogens with zero attached hydrogens (tertiary/aromatic N) is 3. The normalized spacial score (nSPS) is 24.1. The molecule has 1 aromatic heterocycles. The van der Waals surface area contributed by atoms with Gasteiger partial charge in [0, 0.05) is 25.7 Å². The summed E-state index contributed by atoms with van der Waals surface area (Å²) in [5, 5.41) is 0.953. The van der Waals surface area contributed by atoms with Crippen LogP contribution in [0.3, 0.4) is 0 Å². The van der Waals surface area contributed by atoms with Crippen molar-refractivity contribution in [3.05, 3.63) is 11.1 Å². The summed E-state index contributed by atoms with van der Waals surface area (Å²) in [6.45, 7) is 4.50. The highest BCUT2D eigenvalue weighted by molar-refractivity contribution is 7.17. The van der Waals surface area contributed by atoms with Gasteiger partial charge >= 0.3 is 5.97 Å². The van der Waals surface area contributed by atoms with Crippen molar-refractivity contribution in [3.63, 3.8) is 0 Å². The molecule has 0 N–H and O–H groups in total. The van der Waals surface area contributed by atoms with Crippen molar-refractivity contribution < 1.29 is 9.53 Å². The number of anilines is 1. The topological polar surface area (TPSA) is 45.7 Å². The van der Waals surface area contributed by atoms with Gasteiger partial charge in [-0.3, -0.25) is 4.90 Å². The molecular weight excluding hydrogens is 262 g/mol. The van der Waals surface area contributed by atoms with Crippen molar-refractivity contribution >= 4 is 22.4 Å². The van der Waals surface area contributed by atoms with Gasteiger partial charge in [0.2, 0.25) is 0 Å². The van der Waals surface area contributed by atoms with Crippen LogP contribution in [-0.4, -0.2) is 55.2 Å². The zero-order chi connectivity index (χ0) is 13.2. The Morgan fingerprint density at radius 1 is 1.42 bits per heavy atom. The number of thiazole rings is 1. The van der Waals surface area contributed by atoms with Crippen LogP contribution in [0.4, 0.5) is 5.13 Å². The minimum atomic E-state index is -0.291. The Morgan fingerprint density at radius 2 is 2.26 bits per heavy atom. The number of fused-ring (bicyclic) bond motifs is 1. The van der Waals surface area contributed by atoms with E-state index >= 15 is 0 Å². The Hall–Kier alpha value is -1.14. The van der Waals surface area contributed by atoms with Gasteiger partial charge in [-0.2, -0.15) is 0 Å². The maximum atomic E-state index is 11.5. The van der Waals surface area contributed by atoms with Gasteiger partial charge in [0.25, 0.3) is 0 Å². The predicted molar refractivity (Wildman–Crippen MR) is 74.9 cm³/mol. The quantitative estimate of drug-likeness (QED) is 0.771. The van der Waals surface area contributed by atoms with Crippen LogP contribution in [0.15, 0.2) is 6.20 Å². The Bertz CT molecular complexity index is 462. The number of aromatic nitrogens is 1. The number of rotatable bonds is 2. The third kappa shape index (κ3) is 2.60. The summed E-state index contributed by atoms with van der Waals surface area (Å²) in [6, 6.07) is 0.660. The number of esters is 1. The summed E-state index contributed by atoms with van der Waals surface area (Å²) in [4.78, 5) is 21.4. The largest absolute Gasteiger partial charge is 0.465 e. The molecule has 19 heavy (non-hydrogen) atoms. The molecule has 5 nitrogen and oxygen atoms in total. The average molecular weight is 281 g/mol.